The number of aromatic hydroxyl groups is 2. The Labute approximate surface area is 213 Å². The first kappa shape index (κ1) is 22.5. The number of fused-ring (bicyclic) bond motifs is 7. The second-order valence-corrected chi connectivity index (χ2v) is 9.82. The van der Waals surface area contributed by atoms with Crippen LogP contribution in [0.1, 0.15) is 54.9 Å². The number of phenols is 2. The van der Waals surface area contributed by atoms with Crippen molar-refractivity contribution in [3.05, 3.63) is 74.1 Å². The maximum absolute atomic E-state index is 13.8. The lowest BCUT2D eigenvalue weighted by Gasteiger charge is -2.39. The number of methoxy groups -OCH3 is 1. The maximum atomic E-state index is 13.8. The van der Waals surface area contributed by atoms with E-state index < -0.39 is 45.7 Å². The molecule has 7 rings (SSSR count). The fourth-order valence-corrected chi connectivity index (χ4v) is 5.94. The van der Waals surface area contributed by atoms with Crippen LogP contribution in [-0.2, 0) is 11.2 Å². The SMILES string of the molecule is COc1cc2oc3c(c(=O)c2cc1O)C(=O)c1c(ccc2cc4c(c(O)c12)C(=O)N1CCO[C@@]1(C)C4)C3=O. The number of rotatable bonds is 1. The minimum atomic E-state index is -0.836. The van der Waals surface area contributed by atoms with E-state index in [1.54, 1.807) is 17.0 Å². The molecule has 1 atom stereocenters. The Morgan fingerprint density at radius 3 is 2.55 bits per heavy atom. The van der Waals surface area contributed by atoms with E-state index in [4.69, 9.17) is 13.9 Å². The average Bonchev–Trinajstić information content (AvgIpc) is 3.28. The van der Waals surface area contributed by atoms with Gasteiger partial charge in [-0.25, -0.2) is 0 Å². The van der Waals surface area contributed by atoms with Gasteiger partial charge in [-0.15, -0.1) is 0 Å². The predicted octanol–water partition coefficient (Wildman–Crippen LogP) is 2.89. The van der Waals surface area contributed by atoms with Crippen LogP contribution < -0.4 is 10.2 Å². The lowest BCUT2D eigenvalue weighted by atomic mass is 9.81. The Morgan fingerprint density at radius 1 is 1.00 bits per heavy atom. The van der Waals surface area contributed by atoms with Crippen molar-refractivity contribution >= 4 is 39.2 Å². The molecule has 1 amide bonds. The molecule has 10 nitrogen and oxygen atoms in total. The number of amides is 1. The summed E-state index contributed by atoms with van der Waals surface area (Å²) in [5.41, 5.74) is -1.81. The molecule has 10 heteroatoms. The van der Waals surface area contributed by atoms with Crippen LogP contribution in [0.15, 0.2) is 39.5 Å². The van der Waals surface area contributed by atoms with Gasteiger partial charge in [0.2, 0.25) is 17.0 Å². The summed E-state index contributed by atoms with van der Waals surface area (Å²) in [6.07, 6.45) is 0.340. The van der Waals surface area contributed by atoms with Crippen molar-refractivity contribution in [1.29, 1.82) is 0 Å². The molecule has 1 aliphatic carbocycles. The van der Waals surface area contributed by atoms with E-state index in [1.165, 1.54) is 19.2 Å². The van der Waals surface area contributed by atoms with E-state index in [0.29, 0.717) is 30.5 Å². The molecule has 38 heavy (non-hydrogen) atoms. The Balaban J connectivity index is 1.51. The van der Waals surface area contributed by atoms with Gasteiger partial charge in [0, 0.05) is 35.5 Å². The van der Waals surface area contributed by atoms with Crippen molar-refractivity contribution in [3.8, 4) is 17.2 Å². The summed E-state index contributed by atoms with van der Waals surface area (Å²) in [5.74, 6) is -3.15. The van der Waals surface area contributed by atoms with E-state index in [1.807, 2.05) is 6.92 Å². The molecular formula is C28H19NO9. The molecule has 4 aromatic rings. The van der Waals surface area contributed by atoms with Gasteiger partial charge in [0.1, 0.15) is 22.6 Å². The topological polar surface area (TPSA) is 144 Å². The lowest BCUT2D eigenvalue weighted by molar-refractivity contribution is -0.0568. The first-order valence-electron chi connectivity index (χ1n) is 11.9. The van der Waals surface area contributed by atoms with Crippen molar-refractivity contribution in [1.82, 2.24) is 4.90 Å². The summed E-state index contributed by atoms with van der Waals surface area (Å²) >= 11 is 0. The quantitative estimate of drug-likeness (QED) is 0.346. The van der Waals surface area contributed by atoms with E-state index >= 15 is 0 Å². The Hall–Kier alpha value is -4.70. The van der Waals surface area contributed by atoms with Gasteiger partial charge in [-0.05, 0) is 36.1 Å². The zero-order chi connectivity index (χ0) is 26.7. The number of carbonyl (C=O) groups excluding carboxylic acids is 3. The van der Waals surface area contributed by atoms with Gasteiger partial charge in [0.15, 0.2) is 17.3 Å². The van der Waals surface area contributed by atoms with Crippen LogP contribution >= 0.6 is 0 Å². The summed E-state index contributed by atoms with van der Waals surface area (Å²) in [5, 5.41) is 21.9. The number of hydrogen-bond donors (Lipinski definition) is 2. The second-order valence-electron chi connectivity index (χ2n) is 9.82. The minimum Gasteiger partial charge on any atom is -0.506 e. The first-order chi connectivity index (χ1) is 18.1. The monoisotopic (exact) mass is 513 g/mol. The summed E-state index contributed by atoms with van der Waals surface area (Å²) in [6, 6.07) is 7.10. The fourth-order valence-electron chi connectivity index (χ4n) is 5.94. The van der Waals surface area contributed by atoms with Crippen molar-refractivity contribution in [3.63, 3.8) is 0 Å². The highest BCUT2D eigenvalue weighted by Crippen LogP contribution is 2.45. The summed E-state index contributed by atoms with van der Waals surface area (Å²) < 4.78 is 16.6. The van der Waals surface area contributed by atoms with Crippen LogP contribution in [0.5, 0.6) is 17.2 Å². The zero-order valence-corrected chi connectivity index (χ0v) is 20.2. The summed E-state index contributed by atoms with van der Waals surface area (Å²) in [4.78, 5) is 55.8. The van der Waals surface area contributed by atoms with Gasteiger partial charge >= 0.3 is 0 Å². The average molecular weight is 513 g/mol. The standard InChI is InChI=1S/C28H19NO9/c1-28-10-12-7-11-3-4-13-20(18(11)24(33)19(12)27(35)29(28)5-6-37-28)25(34)21-22(31)14-8-15(30)17(36-2)9-16(14)38-26(21)23(13)32/h3-4,7-9,30,33H,5-6,10H2,1-2H3/t28-/m0/s1. The largest absolute Gasteiger partial charge is 0.506 e. The minimum absolute atomic E-state index is 0.0133. The molecule has 1 saturated heterocycles. The molecule has 0 bridgehead atoms. The Bertz CT molecular complexity index is 1890. The number of nitrogens with zero attached hydrogens (tertiary/aromatic N) is 1. The van der Waals surface area contributed by atoms with Crippen LogP contribution in [0.3, 0.4) is 0 Å². The molecule has 190 valence electrons. The molecule has 3 aliphatic rings. The number of ketones is 2. The molecule has 0 spiro atoms. The zero-order valence-electron chi connectivity index (χ0n) is 20.2. The number of carbonyl (C=O) groups is 3. The maximum Gasteiger partial charge on any atom is 0.260 e. The molecular weight excluding hydrogens is 494 g/mol. The molecule has 2 N–H and O–H groups in total. The van der Waals surface area contributed by atoms with Crippen molar-refractivity contribution in [2.45, 2.75) is 19.1 Å². The van der Waals surface area contributed by atoms with Gasteiger partial charge in [-0.2, -0.15) is 0 Å². The highest BCUT2D eigenvalue weighted by atomic mass is 16.5. The smallest absolute Gasteiger partial charge is 0.260 e. The molecule has 0 unspecified atom stereocenters. The normalized spacial score (nSPS) is 19.9. The van der Waals surface area contributed by atoms with Crippen LogP contribution in [0.2, 0.25) is 0 Å². The van der Waals surface area contributed by atoms with Gasteiger partial charge < -0.3 is 29.0 Å². The highest BCUT2D eigenvalue weighted by molar-refractivity contribution is 6.32. The van der Waals surface area contributed by atoms with Crippen LogP contribution in [-0.4, -0.2) is 58.6 Å². The number of ether oxygens (including phenoxy) is 2. The molecule has 3 heterocycles. The van der Waals surface area contributed by atoms with E-state index in [0.717, 1.165) is 6.07 Å². The highest BCUT2D eigenvalue weighted by Gasteiger charge is 2.48. The van der Waals surface area contributed by atoms with Gasteiger partial charge in [0.25, 0.3) is 5.91 Å². The van der Waals surface area contributed by atoms with Gasteiger partial charge in [-0.1, -0.05) is 6.07 Å². The van der Waals surface area contributed by atoms with Crippen LogP contribution in [0.25, 0.3) is 21.7 Å². The van der Waals surface area contributed by atoms with Crippen molar-refractivity contribution in [2.75, 3.05) is 20.3 Å². The predicted molar refractivity (Wildman–Crippen MR) is 132 cm³/mol. The van der Waals surface area contributed by atoms with Crippen LogP contribution in [0, 0.1) is 0 Å². The molecule has 0 saturated carbocycles. The first-order valence-corrected chi connectivity index (χ1v) is 11.9. The van der Waals surface area contributed by atoms with Crippen LogP contribution in [0.4, 0.5) is 0 Å². The molecule has 3 aromatic carbocycles. The fraction of sp³-hybridized carbons (Fsp3) is 0.214. The number of hydrogen-bond acceptors (Lipinski definition) is 9. The van der Waals surface area contributed by atoms with E-state index in [9.17, 15) is 29.4 Å². The van der Waals surface area contributed by atoms with Gasteiger partial charge in [0.05, 0.1) is 24.7 Å². The third kappa shape index (κ3) is 2.64. The van der Waals surface area contributed by atoms with E-state index in [-0.39, 0.29) is 44.5 Å². The van der Waals surface area contributed by atoms with E-state index in [2.05, 4.69) is 0 Å². The lowest BCUT2D eigenvalue weighted by Crippen LogP contribution is -2.51. The third-order valence-corrected chi connectivity index (χ3v) is 7.74. The Kier molecular flexibility index (Phi) is 4.26. The second kappa shape index (κ2) is 7.20. The van der Waals surface area contributed by atoms with Crippen molar-refractivity contribution in [2.24, 2.45) is 0 Å². The third-order valence-electron chi connectivity index (χ3n) is 7.74. The molecule has 2 aliphatic heterocycles. The molecule has 1 aromatic heterocycles. The number of phenolic OH excluding ortho intramolecular Hbond substituents is 2. The molecule has 1 fully saturated rings. The summed E-state index contributed by atoms with van der Waals surface area (Å²) in [6.45, 7) is 2.53. The Morgan fingerprint density at radius 2 is 1.79 bits per heavy atom. The summed E-state index contributed by atoms with van der Waals surface area (Å²) in [7, 11) is 1.32. The van der Waals surface area contributed by atoms with Gasteiger partial charge in [-0.3, -0.25) is 19.2 Å². The molecule has 0 radical (unpaired) electrons. The number of benzene rings is 3. The van der Waals surface area contributed by atoms with Crippen molar-refractivity contribution < 1.29 is 38.5 Å².